The smallest absolute Gasteiger partial charge is 0.122 e. The van der Waals surface area contributed by atoms with Gasteiger partial charge < -0.3 is 4.79 Å². The maximum Gasteiger partial charge on any atom is 0.122 e. The fourth-order valence-corrected chi connectivity index (χ4v) is 3.89. The van der Waals surface area contributed by atoms with Gasteiger partial charge in [-0.25, -0.2) is 0 Å². The quantitative estimate of drug-likeness (QED) is 0.212. The zero-order chi connectivity index (χ0) is 18.0. The second-order valence-corrected chi connectivity index (χ2v) is 8.19. The van der Waals surface area contributed by atoms with Gasteiger partial charge in [-0.15, -0.1) is 0 Å². The molecule has 0 aromatic rings. The van der Waals surface area contributed by atoms with Crippen LogP contribution in [0.5, 0.6) is 0 Å². The van der Waals surface area contributed by atoms with Gasteiger partial charge in [0.1, 0.15) is 6.29 Å². The van der Waals surface area contributed by atoms with E-state index in [2.05, 4.69) is 20.8 Å². The number of unbranched alkanes of at least 4 members (excludes halogenated alkanes) is 6. The number of rotatable bonds is 11. The van der Waals surface area contributed by atoms with Gasteiger partial charge >= 0.3 is 0 Å². The Balaban J connectivity index is 0.000000640. The number of carbonyl (C=O) groups is 1. The van der Waals surface area contributed by atoms with Crippen molar-refractivity contribution in [2.24, 2.45) is 17.8 Å². The van der Waals surface area contributed by atoms with Crippen molar-refractivity contribution < 1.29 is 4.79 Å². The van der Waals surface area contributed by atoms with Crippen LogP contribution in [0.15, 0.2) is 0 Å². The van der Waals surface area contributed by atoms with Crippen molar-refractivity contribution in [1.29, 1.82) is 0 Å². The van der Waals surface area contributed by atoms with Crippen LogP contribution in [0, 0.1) is 17.8 Å². The molecule has 1 nitrogen and oxygen atoms in total. The van der Waals surface area contributed by atoms with Crippen LogP contribution in [-0.2, 0) is 4.79 Å². The maximum atomic E-state index is 9.89. The topological polar surface area (TPSA) is 17.1 Å². The van der Waals surface area contributed by atoms with Gasteiger partial charge in [0.2, 0.25) is 0 Å². The highest BCUT2D eigenvalue weighted by Gasteiger charge is 2.18. The Morgan fingerprint density at radius 2 is 1.50 bits per heavy atom. The SMILES string of the molecule is CCCC(C)C=O.CCCCCCCCCC1CCCCCC1C. The van der Waals surface area contributed by atoms with Crippen LogP contribution < -0.4 is 0 Å². The molecule has 0 spiro atoms. The highest BCUT2D eigenvalue weighted by Crippen LogP contribution is 2.32. The molecule has 0 saturated heterocycles. The molecule has 0 aliphatic heterocycles. The van der Waals surface area contributed by atoms with E-state index in [1.165, 1.54) is 83.5 Å². The lowest BCUT2D eigenvalue weighted by Crippen LogP contribution is -2.09. The molecular formula is C23H46O. The van der Waals surface area contributed by atoms with E-state index in [1.807, 2.05) is 6.92 Å². The third kappa shape index (κ3) is 14.1. The minimum absolute atomic E-state index is 0.269. The minimum Gasteiger partial charge on any atom is -0.303 e. The van der Waals surface area contributed by atoms with Gasteiger partial charge in [0, 0.05) is 5.92 Å². The Kier molecular flexibility index (Phi) is 17.3. The summed E-state index contributed by atoms with van der Waals surface area (Å²) in [5.74, 6) is 2.34. The standard InChI is InChI=1S/C17H34.C6H12O/c1-3-4-5-6-7-8-11-14-17-15-12-9-10-13-16(17)2;1-3-4-6(2)5-7/h16-17H,3-15H2,1-2H3;5-6H,3-4H2,1-2H3. The summed E-state index contributed by atoms with van der Waals surface area (Å²) in [6.45, 7) is 8.82. The van der Waals surface area contributed by atoms with Gasteiger partial charge in [-0.1, -0.05) is 118 Å². The van der Waals surface area contributed by atoms with Crippen LogP contribution in [-0.4, -0.2) is 6.29 Å². The first-order chi connectivity index (χ1) is 11.7. The van der Waals surface area contributed by atoms with Crippen LogP contribution in [0.4, 0.5) is 0 Å². The summed E-state index contributed by atoms with van der Waals surface area (Å²) in [6.07, 6.45) is 22.4. The van der Waals surface area contributed by atoms with Crippen LogP contribution in [0.3, 0.4) is 0 Å². The highest BCUT2D eigenvalue weighted by atomic mass is 16.1. The van der Waals surface area contributed by atoms with E-state index in [1.54, 1.807) is 0 Å². The third-order valence-corrected chi connectivity index (χ3v) is 5.69. The molecule has 0 bridgehead atoms. The summed E-state index contributed by atoms with van der Waals surface area (Å²) in [5.41, 5.74) is 0. The van der Waals surface area contributed by atoms with Crippen molar-refractivity contribution in [3.8, 4) is 0 Å². The minimum atomic E-state index is 0.269. The molecule has 1 heteroatoms. The molecule has 0 heterocycles. The molecule has 0 aromatic heterocycles. The van der Waals surface area contributed by atoms with Gasteiger partial charge in [-0.3, -0.25) is 0 Å². The second-order valence-electron chi connectivity index (χ2n) is 8.19. The molecule has 24 heavy (non-hydrogen) atoms. The van der Waals surface area contributed by atoms with Crippen molar-refractivity contribution in [1.82, 2.24) is 0 Å². The fourth-order valence-electron chi connectivity index (χ4n) is 3.89. The van der Waals surface area contributed by atoms with Crippen molar-refractivity contribution in [3.63, 3.8) is 0 Å². The first kappa shape index (κ1) is 23.7. The van der Waals surface area contributed by atoms with E-state index in [9.17, 15) is 4.79 Å². The highest BCUT2D eigenvalue weighted by molar-refractivity contribution is 5.52. The van der Waals surface area contributed by atoms with Crippen LogP contribution in [0.1, 0.15) is 124 Å². The average molecular weight is 339 g/mol. The monoisotopic (exact) mass is 338 g/mol. The van der Waals surface area contributed by atoms with Crippen molar-refractivity contribution >= 4 is 6.29 Å². The van der Waals surface area contributed by atoms with Crippen LogP contribution >= 0.6 is 0 Å². The average Bonchev–Trinajstić information content (AvgIpc) is 2.79. The number of aldehydes is 1. The second kappa shape index (κ2) is 17.5. The Bertz CT molecular complexity index is 261. The Morgan fingerprint density at radius 3 is 2.08 bits per heavy atom. The van der Waals surface area contributed by atoms with Crippen LogP contribution in [0.2, 0.25) is 0 Å². The molecule has 1 aliphatic rings. The first-order valence-corrected chi connectivity index (χ1v) is 11.1. The Labute approximate surface area is 153 Å². The van der Waals surface area contributed by atoms with E-state index in [4.69, 9.17) is 0 Å². The molecule has 1 aliphatic carbocycles. The lowest BCUT2D eigenvalue weighted by atomic mass is 9.85. The number of carbonyl (C=O) groups excluding carboxylic acids is 1. The fraction of sp³-hybridized carbons (Fsp3) is 0.957. The molecular weight excluding hydrogens is 292 g/mol. The third-order valence-electron chi connectivity index (χ3n) is 5.69. The molecule has 0 radical (unpaired) electrons. The summed E-state index contributed by atoms with van der Waals surface area (Å²) in [5, 5.41) is 0. The summed E-state index contributed by atoms with van der Waals surface area (Å²) >= 11 is 0. The van der Waals surface area contributed by atoms with Crippen molar-refractivity contribution in [2.75, 3.05) is 0 Å². The van der Waals surface area contributed by atoms with E-state index in [0.717, 1.165) is 31.0 Å². The van der Waals surface area contributed by atoms with Crippen molar-refractivity contribution in [2.45, 2.75) is 124 Å². The maximum absolute atomic E-state index is 9.89. The Hall–Kier alpha value is -0.330. The lowest BCUT2D eigenvalue weighted by Gasteiger charge is -2.21. The van der Waals surface area contributed by atoms with E-state index >= 15 is 0 Å². The number of hydrogen-bond acceptors (Lipinski definition) is 1. The summed E-state index contributed by atoms with van der Waals surface area (Å²) in [4.78, 5) is 9.89. The zero-order valence-electron chi connectivity index (χ0n) is 17.3. The molecule has 0 N–H and O–H groups in total. The molecule has 3 unspecified atom stereocenters. The zero-order valence-corrected chi connectivity index (χ0v) is 17.3. The molecule has 3 atom stereocenters. The summed E-state index contributed by atoms with van der Waals surface area (Å²) in [7, 11) is 0. The summed E-state index contributed by atoms with van der Waals surface area (Å²) < 4.78 is 0. The van der Waals surface area contributed by atoms with Crippen molar-refractivity contribution in [3.05, 3.63) is 0 Å². The van der Waals surface area contributed by atoms with E-state index < -0.39 is 0 Å². The molecule has 1 saturated carbocycles. The Morgan fingerprint density at radius 1 is 0.875 bits per heavy atom. The normalized spacial score (nSPS) is 22.2. The summed E-state index contributed by atoms with van der Waals surface area (Å²) in [6, 6.07) is 0. The predicted octanol–water partition coefficient (Wildman–Crippen LogP) is 7.97. The van der Waals surface area contributed by atoms with Gasteiger partial charge in [0.25, 0.3) is 0 Å². The molecule has 144 valence electrons. The van der Waals surface area contributed by atoms with E-state index in [-0.39, 0.29) is 5.92 Å². The molecule has 1 rings (SSSR count). The lowest BCUT2D eigenvalue weighted by molar-refractivity contribution is -0.110. The predicted molar refractivity (Wildman–Crippen MR) is 108 cm³/mol. The van der Waals surface area contributed by atoms with Crippen LogP contribution in [0.25, 0.3) is 0 Å². The molecule has 0 aromatic carbocycles. The molecule has 1 fully saturated rings. The van der Waals surface area contributed by atoms with Gasteiger partial charge in [-0.2, -0.15) is 0 Å². The van der Waals surface area contributed by atoms with E-state index in [0.29, 0.717) is 0 Å². The van der Waals surface area contributed by atoms with Gasteiger partial charge in [-0.05, 0) is 18.3 Å². The van der Waals surface area contributed by atoms with Gasteiger partial charge in [0.15, 0.2) is 0 Å². The first-order valence-electron chi connectivity index (χ1n) is 11.1. The number of hydrogen-bond donors (Lipinski definition) is 0. The largest absolute Gasteiger partial charge is 0.303 e. The van der Waals surface area contributed by atoms with Gasteiger partial charge in [0.05, 0.1) is 0 Å². The molecule has 0 amide bonds.